The highest BCUT2D eigenvalue weighted by molar-refractivity contribution is 7.89. The maximum absolute atomic E-state index is 12.6. The van der Waals surface area contributed by atoms with Crippen LogP contribution in [0.15, 0.2) is 59.5 Å². The van der Waals surface area contributed by atoms with E-state index < -0.39 is 10.0 Å². The van der Waals surface area contributed by atoms with Crippen LogP contribution >= 0.6 is 0 Å². The van der Waals surface area contributed by atoms with E-state index in [9.17, 15) is 8.42 Å². The molecule has 0 saturated heterocycles. The second-order valence-corrected chi connectivity index (χ2v) is 8.59. The van der Waals surface area contributed by atoms with Crippen molar-refractivity contribution in [1.29, 1.82) is 0 Å². The Morgan fingerprint density at radius 1 is 0.960 bits per heavy atom. The number of benzene rings is 2. The lowest BCUT2D eigenvalue weighted by atomic mass is 10.0. The summed E-state index contributed by atoms with van der Waals surface area (Å²) < 4.78 is 28.1. The molecule has 1 atom stereocenters. The summed E-state index contributed by atoms with van der Waals surface area (Å²) in [6.07, 6.45) is 0.785. The molecule has 0 heterocycles. The Morgan fingerprint density at radius 3 is 2.20 bits per heavy atom. The van der Waals surface area contributed by atoms with Gasteiger partial charge in [-0.2, -0.15) is 0 Å². The van der Waals surface area contributed by atoms with Crippen LogP contribution in [0.25, 0.3) is 0 Å². The van der Waals surface area contributed by atoms with Gasteiger partial charge in [-0.05, 0) is 37.0 Å². The molecule has 2 aromatic carbocycles. The van der Waals surface area contributed by atoms with Crippen molar-refractivity contribution in [2.75, 3.05) is 6.54 Å². The molecule has 0 spiro atoms. The van der Waals surface area contributed by atoms with Crippen molar-refractivity contribution in [3.8, 4) is 0 Å². The molecule has 0 aromatic heterocycles. The number of sulfonamides is 1. The average Bonchev–Trinajstić information content (AvgIpc) is 2.55. The first kappa shape index (κ1) is 19.6. The molecule has 0 radical (unpaired) electrons. The summed E-state index contributed by atoms with van der Waals surface area (Å²) in [4.78, 5) is 0.315. The predicted molar refractivity (Wildman–Crippen MR) is 103 cm³/mol. The van der Waals surface area contributed by atoms with Gasteiger partial charge in [0.2, 0.25) is 10.0 Å². The normalized spacial score (nSPS) is 13.1. The molecule has 0 fully saturated rings. The third-order valence-electron chi connectivity index (χ3n) is 3.97. The van der Waals surface area contributed by atoms with E-state index in [1.165, 1.54) is 5.56 Å². The van der Waals surface area contributed by atoms with Gasteiger partial charge in [0.25, 0.3) is 0 Å². The van der Waals surface area contributed by atoms with E-state index in [1.807, 2.05) is 37.3 Å². The smallest absolute Gasteiger partial charge is 0.240 e. The molecule has 0 aliphatic heterocycles. The highest BCUT2D eigenvalue weighted by atomic mass is 32.2. The maximum atomic E-state index is 12.6. The summed E-state index contributed by atoms with van der Waals surface area (Å²) in [6, 6.07) is 16.9. The first-order valence-electron chi connectivity index (χ1n) is 8.70. The summed E-state index contributed by atoms with van der Waals surface area (Å²) in [5.74, 6) is 0.407. The van der Waals surface area contributed by atoms with Gasteiger partial charge in [0.05, 0.1) is 4.90 Å². The molecule has 4 nitrogen and oxygen atoms in total. The lowest BCUT2D eigenvalue weighted by molar-refractivity contribution is 0.436. The van der Waals surface area contributed by atoms with Crippen molar-refractivity contribution < 1.29 is 8.42 Å². The molecule has 5 heteroatoms. The Labute approximate surface area is 151 Å². The van der Waals surface area contributed by atoms with Crippen LogP contribution in [0.5, 0.6) is 0 Å². The van der Waals surface area contributed by atoms with Crippen molar-refractivity contribution in [3.63, 3.8) is 0 Å². The summed E-state index contributed by atoms with van der Waals surface area (Å²) in [5.41, 5.74) is 2.23. The van der Waals surface area contributed by atoms with Crippen LogP contribution in [0.3, 0.4) is 0 Å². The second-order valence-electron chi connectivity index (χ2n) is 6.88. The van der Waals surface area contributed by atoms with E-state index in [1.54, 1.807) is 12.1 Å². The zero-order chi connectivity index (χ0) is 18.3. The molecule has 2 rings (SSSR count). The fourth-order valence-corrected chi connectivity index (χ4v) is 3.98. The zero-order valence-electron chi connectivity index (χ0n) is 15.2. The predicted octanol–water partition coefficient (Wildman–Crippen LogP) is 3.48. The Kier molecular flexibility index (Phi) is 7.17. The van der Waals surface area contributed by atoms with Crippen LogP contribution in [-0.4, -0.2) is 21.0 Å². The minimum absolute atomic E-state index is 0.144. The minimum Gasteiger partial charge on any atom is -0.311 e. The highest BCUT2D eigenvalue weighted by Crippen LogP contribution is 2.13. The number of hydrogen-bond acceptors (Lipinski definition) is 3. The first-order valence-corrected chi connectivity index (χ1v) is 10.2. The van der Waals surface area contributed by atoms with Crippen LogP contribution in [0.4, 0.5) is 0 Å². The molecular weight excluding hydrogens is 332 g/mol. The SMILES string of the molecule is Cc1ccc(S(=O)(=O)N[C@H](CNCc2ccccc2)CC(C)C)cc1. The van der Waals surface area contributed by atoms with Gasteiger partial charge in [0, 0.05) is 19.1 Å². The first-order chi connectivity index (χ1) is 11.9. The largest absolute Gasteiger partial charge is 0.311 e. The van der Waals surface area contributed by atoms with Crippen LogP contribution in [-0.2, 0) is 16.6 Å². The summed E-state index contributed by atoms with van der Waals surface area (Å²) >= 11 is 0. The third-order valence-corrected chi connectivity index (χ3v) is 5.51. The topological polar surface area (TPSA) is 58.2 Å². The molecule has 0 aliphatic carbocycles. The van der Waals surface area contributed by atoms with Gasteiger partial charge in [-0.25, -0.2) is 13.1 Å². The van der Waals surface area contributed by atoms with Gasteiger partial charge in [-0.3, -0.25) is 0 Å². The molecule has 0 bridgehead atoms. The van der Waals surface area contributed by atoms with Gasteiger partial charge in [0.1, 0.15) is 0 Å². The van der Waals surface area contributed by atoms with Gasteiger partial charge in [-0.15, -0.1) is 0 Å². The lowest BCUT2D eigenvalue weighted by Crippen LogP contribution is -2.42. The van der Waals surface area contributed by atoms with E-state index in [2.05, 4.69) is 36.0 Å². The van der Waals surface area contributed by atoms with E-state index in [0.717, 1.165) is 18.5 Å². The molecule has 0 saturated carbocycles. The Hall–Kier alpha value is -1.69. The van der Waals surface area contributed by atoms with Gasteiger partial charge in [0.15, 0.2) is 0 Å². The number of rotatable bonds is 9. The number of aryl methyl sites for hydroxylation is 1. The van der Waals surface area contributed by atoms with Gasteiger partial charge in [-0.1, -0.05) is 61.9 Å². The van der Waals surface area contributed by atoms with E-state index in [4.69, 9.17) is 0 Å². The Morgan fingerprint density at radius 2 is 1.60 bits per heavy atom. The molecule has 2 N–H and O–H groups in total. The third kappa shape index (κ3) is 6.61. The van der Waals surface area contributed by atoms with Crippen LogP contribution in [0, 0.1) is 12.8 Å². The van der Waals surface area contributed by atoms with Crippen LogP contribution < -0.4 is 10.0 Å². The lowest BCUT2D eigenvalue weighted by Gasteiger charge is -2.21. The molecule has 0 unspecified atom stereocenters. The number of hydrogen-bond donors (Lipinski definition) is 2. The molecule has 25 heavy (non-hydrogen) atoms. The van der Waals surface area contributed by atoms with Gasteiger partial charge < -0.3 is 5.32 Å². The van der Waals surface area contributed by atoms with Crippen molar-refractivity contribution in [3.05, 3.63) is 65.7 Å². The molecule has 0 amide bonds. The van der Waals surface area contributed by atoms with Crippen molar-refractivity contribution in [2.45, 2.75) is 44.7 Å². The fraction of sp³-hybridized carbons (Fsp3) is 0.400. The Balaban J connectivity index is 2.00. The van der Waals surface area contributed by atoms with Crippen molar-refractivity contribution >= 4 is 10.0 Å². The monoisotopic (exact) mass is 360 g/mol. The van der Waals surface area contributed by atoms with Crippen LogP contribution in [0.2, 0.25) is 0 Å². The summed E-state index contributed by atoms with van der Waals surface area (Å²) in [5, 5.41) is 3.36. The van der Waals surface area contributed by atoms with Crippen molar-refractivity contribution in [1.82, 2.24) is 10.0 Å². The standard InChI is InChI=1S/C20H28N2O2S/c1-16(2)13-19(15-21-14-18-7-5-4-6-8-18)22-25(23,24)20-11-9-17(3)10-12-20/h4-12,16,19,21-22H,13-15H2,1-3H3/t19-/m0/s1. The molecule has 136 valence electrons. The molecule has 0 aliphatic rings. The zero-order valence-corrected chi connectivity index (χ0v) is 16.0. The second kappa shape index (κ2) is 9.13. The highest BCUT2D eigenvalue weighted by Gasteiger charge is 2.20. The minimum atomic E-state index is -3.51. The van der Waals surface area contributed by atoms with Crippen molar-refractivity contribution in [2.24, 2.45) is 5.92 Å². The average molecular weight is 361 g/mol. The fourth-order valence-electron chi connectivity index (χ4n) is 2.73. The molecular formula is C20H28N2O2S. The summed E-state index contributed by atoms with van der Waals surface area (Å²) in [6.45, 7) is 7.47. The quantitative estimate of drug-likeness (QED) is 0.720. The van der Waals surface area contributed by atoms with E-state index >= 15 is 0 Å². The van der Waals surface area contributed by atoms with Crippen LogP contribution in [0.1, 0.15) is 31.4 Å². The maximum Gasteiger partial charge on any atom is 0.240 e. The van der Waals surface area contributed by atoms with Gasteiger partial charge >= 0.3 is 0 Å². The van der Waals surface area contributed by atoms with E-state index in [0.29, 0.717) is 17.4 Å². The molecule has 2 aromatic rings. The summed E-state index contributed by atoms with van der Waals surface area (Å²) in [7, 11) is -3.51. The Bertz CT molecular complexity index is 741. The number of nitrogens with one attached hydrogen (secondary N) is 2. The van der Waals surface area contributed by atoms with E-state index in [-0.39, 0.29) is 6.04 Å².